The summed E-state index contributed by atoms with van der Waals surface area (Å²) in [5, 5.41) is 0. The molecule has 27 heavy (non-hydrogen) atoms. The molecule has 1 heterocycles. The molecule has 2 nitrogen and oxygen atoms in total. The molecule has 0 N–H and O–H groups in total. The molecule has 0 aliphatic carbocycles. The van der Waals surface area contributed by atoms with Crippen LogP contribution in [0, 0.1) is 0 Å². The molecule has 0 aromatic heterocycles. The van der Waals surface area contributed by atoms with E-state index in [1.807, 2.05) is 0 Å². The predicted octanol–water partition coefficient (Wildman–Crippen LogP) is 4.77. The molecule has 2 aromatic carbocycles. The maximum atomic E-state index is 6.00. The van der Waals surface area contributed by atoms with Crippen molar-refractivity contribution in [2.45, 2.75) is 31.8 Å². The molecule has 0 radical (unpaired) electrons. The Morgan fingerprint density at radius 1 is 0.889 bits per heavy atom. The van der Waals surface area contributed by atoms with Crippen molar-refractivity contribution in [3.8, 4) is 0 Å². The zero-order chi connectivity index (χ0) is 18.8. The third-order valence-electron chi connectivity index (χ3n) is 5.27. The average Bonchev–Trinajstić information content (AvgIpc) is 3.24. The predicted molar refractivity (Wildman–Crippen MR) is 117 cm³/mol. The molecule has 1 unspecified atom stereocenters. The Kier molecular flexibility index (Phi) is 8.84. The Labute approximate surface area is 171 Å². The molecule has 0 amide bonds. The van der Waals surface area contributed by atoms with Gasteiger partial charge < -0.3 is 0 Å². The van der Waals surface area contributed by atoms with E-state index >= 15 is 0 Å². The summed E-state index contributed by atoms with van der Waals surface area (Å²) in [5.74, 6) is 0. The second-order valence-electron chi connectivity index (χ2n) is 7.41. The molecule has 1 aliphatic heterocycles. The van der Waals surface area contributed by atoms with E-state index < -0.39 is 5.51 Å². The number of benzene rings is 2. The van der Waals surface area contributed by atoms with Crippen LogP contribution in [-0.4, -0.2) is 59.5 Å². The molecule has 0 spiro atoms. The fourth-order valence-electron chi connectivity index (χ4n) is 3.51. The van der Waals surface area contributed by atoms with Crippen LogP contribution >= 0.6 is 5.51 Å². The molecule has 0 saturated carbocycles. The number of hydrogen-bond donors (Lipinski definition) is 0. The molecule has 1 fully saturated rings. The summed E-state index contributed by atoms with van der Waals surface area (Å²) >= 11 is 3.66. The first-order chi connectivity index (χ1) is 13.2. The molecule has 2 aromatic rings. The van der Waals surface area contributed by atoms with Crippen molar-refractivity contribution >= 4 is 20.6 Å². The van der Waals surface area contributed by atoms with Gasteiger partial charge in [-0.3, -0.25) is 0 Å². The number of aryl methyl sites for hydroxylation is 2. The van der Waals surface area contributed by atoms with E-state index in [0.29, 0.717) is 6.10 Å². The first-order valence-electron chi connectivity index (χ1n) is 10.1. The van der Waals surface area contributed by atoms with Crippen LogP contribution in [-0.2, 0) is 22.3 Å². The summed E-state index contributed by atoms with van der Waals surface area (Å²) in [5.41, 5.74) is 1.73. The van der Waals surface area contributed by atoms with E-state index in [4.69, 9.17) is 9.47 Å². The van der Waals surface area contributed by atoms with E-state index in [1.54, 1.807) is 0 Å². The average molecular weight is 449 g/mol. The van der Waals surface area contributed by atoms with Gasteiger partial charge in [0.2, 0.25) is 0 Å². The summed E-state index contributed by atoms with van der Waals surface area (Å²) in [4.78, 5) is 0. The van der Waals surface area contributed by atoms with Gasteiger partial charge in [0.15, 0.2) is 0 Å². The van der Waals surface area contributed by atoms with Crippen LogP contribution in [0.5, 0.6) is 0 Å². The van der Waals surface area contributed by atoms with Gasteiger partial charge in [-0.25, -0.2) is 0 Å². The van der Waals surface area contributed by atoms with Gasteiger partial charge in [0.1, 0.15) is 0 Å². The zero-order valence-electron chi connectivity index (χ0n) is 16.1. The van der Waals surface area contributed by atoms with E-state index in [9.17, 15) is 0 Å². The maximum absolute atomic E-state index is 6.00. The zero-order valence-corrected chi connectivity index (χ0v) is 18.7. The second kappa shape index (κ2) is 11.3. The van der Waals surface area contributed by atoms with Crippen LogP contribution < -0.4 is 0 Å². The number of rotatable bonds is 11. The topological polar surface area (TPSA) is 18.5 Å². The fourth-order valence-corrected chi connectivity index (χ4v) is 7.59. The quantitative estimate of drug-likeness (QED) is 0.280. The molecule has 1 saturated heterocycles. The van der Waals surface area contributed by atoms with Crippen LogP contribution in [0.1, 0.15) is 24.0 Å². The van der Waals surface area contributed by atoms with Gasteiger partial charge in [-0.05, 0) is 0 Å². The third kappa shape index (κ3) is 7.68. The summed E-state index contributed by atoms with van der Waals surface area (Å²) < 4.78 is 11.7. The van der Waals surface area contributed by atoms with Gasteiger partial charge in [-0.1, -0.05) is 0 Å². The normalized spacial score (nSPS) is 17.3. The van der Waals surface area contributed by atoms with Gasteiger partial charge in [0.05, 0.1) is 0 Å². The Morgan fingerprint density at radius 2 is 1.48 bits per heavy atom. The second-order valence-corrected chi connectivity index (χ2v) is 15.7. The summed E-state index contributed by atoms with van der Waals surface area (Å²) in [6.07, 6.45) is 8.65. The van der Waals surface area contributed by atoms with Crippen LogP contribution in [0.25, 0.3) is 0 Å². The van der Waals surface area contributed by atoms with E-state index in [0.717, 1.165) is 39.1 Å². The van der Waals surface area contributed by atoms with Crippen LogP contribution in [0.3, 0.4) is 0 Å². The molecule has 3 rings (SSSR count). The molecular formula is C23H31O2PSe. The van der Waals surface area contributed by atoms with Crippen molar-refractivity contribution in [3.05, 3.63) is 71.8 Å². The van der Waals surface area contributed by atoms with Crippen LogP contribution in [0.2, 0.25) is 0 Å². The summed E-state index contributed by atoms with van der Waals surface area (Å²) in [6.45, 7) is 2.52. The van der Waals surface area contributed by atoms with Crippen molar-refractivity contribution in [2.24, 2.45) is 0 Å². The van der Waals surface area contributed by atoms with Crippen molar-refractivity contribution in [1.82, 2.24) is 0 Å². The third-order valence-corrected chi connectivity index (χ3v) is 11.8. The van der Waals surface area contributed by atoms with Crippen molar-refractivity contribution in [1.29, 1.82) is 0 Å². The van der Waals surface area contributed by atoms with Gasteiger partial charge in [0, 0.05) is 0 Å². The Hall–Kier alpha value is -0.691. The minimum absolute atomic E-state index is 0.326. The molecule has 146 valence electrons. The van der Waals surface area contributed by atoms with Gasteiger partial charge in [-0.2, -0.15) is 0 Å². The number of ether oxygens (including phenoxy) is 2. The fraction of sp³-hybridized carbons (Fsp3) is 0.478. The van der Waals surface area contributed by atoms with Gasteiger partial charge >= 0.3 is 172 Å². The van der Waals surface area contributed by atoms with Gasteiger partial charge in [0.25, 0.3) is 0 Å². The van der Waals surface area contributed by atoms with E-state index in [2.05, 4.69) is 75.8 Å². The van der Waals surface area contributed by atoms with Gasteiger partial charge in [-0.15, -0.1) is 0 Å². The Bertz CT molecular complexity index is 651. The monoisotopic (exact) mass is 450 g/mol. The van der Waals surface area contributed by atoms with Crippen molar-refractivity contribution in [3.63, 3.8) is 0 Å². The first kappa shape index (κ1) is 21.0. The van der Waals surface area contributed by atoms with Crippen molar-refractivity contribution in [2.75, 3.05) is 38.3 Å². The number of hydrogen-bond acceptors (Lipinski definition) is 2. The Balaban J connectivity index is 1.52. The van der Waals surface area contributed by atoms with Crippen molar-refractivity contribution < 1.29 is 9.47 Å². The van der Waals surface area contributed by atoms with Crippen LogP contribution in [0.15, 0.2) is 60.7 Å². The molecule has 4 heteroatoms. The van der Waals surface area contributed by atoms with E-state index in [-0.39, 0.29) is 0 Å². The van der Waals surface area contributed by atoms with Crippen LogP contribution in [0.4, 0.5) is 0 Å². The first-order valence-corrected chi connectivity index (χ1v) is 14.6. The van der Waals surface area contributed by atoms with E-state index in [1.165, 1.54) is 36.0 Å². The minimum atomic E-state index is -1.15. The standard InChI is InChI=1S/C23H31O2PSe/c27-26(17-13-21-8-3-1-4-9-21,18-14-22-10-5-2-6-11-22)19-16-24-20-23-12-7-15-25-23/h1-6,8-11,23H,7,12-20H2. The Morgan fingerprint density at radius 3 is 2.00 bits per heavy atom. The SMILES string of the molecule is [Se]=P(CCOCC1CCCO1)(CCc1ccccc1)CCc1ccccc1. The summed E-state index contributed by atoms with van der Waals surface area (Å²) in [6, 6.07) is 21.7. The summed E-state index contributed by atoms with van der Waals surface area (Å²) in [7, 11) is 0. The molecule has 1 atom stereocenters. The molecule has 1 aliphatic rings. The molecular weight excluding hydrogens is 418 g/mol. The molecule has 0 bridgehead atoms.